The van der Waals surface area contributed by atoms with Crippen molar-refractivity contribution in [3.63, 3.8) is 0 Å². The van der Waals surface area contributed by atoms with Gasteiger partial charge in [0.25, 0.3) is 5.91 Å². The van der Waals surface area contributed by atoms with Gasteiger partial charge < -0.3 is 15.2 Å². The maximum Gasteiger partial charge on any atom is 0.418 e. The van der Waals surface area contributed by atoms with Crippen LogP contribution in [0.25, 0.3) is 5.69 Å². The number of carbonyl (C=O) groups is 1. The highest BCUT2D eigenvalue weighted by Gasteiger charge is 2.34. The summed E-state index contributed by atoms with van der Waals surface area (Å²) < 4.78 is 42.7. The van der Waals surface area contributed by atoms with E-state index in [0.29, 0.717) is 27.8 Å². The van der Waals surface area contributed by atoms with Crippen molar-refractivity contribution in [1.82, 2.24) is 19.7 Å². The van der Waals surface area contributed by atoms with Gasteiger partial charge in [-0.15, -0.1) is 10.2 Å². The summed E-state index contributed by atoms with van der Waals surface area (Å²) in [5.74, 6) is 5.71. The van der Waals surface area contributed by atoms with Crippen LogP contribution in [0, 0.1) is 18.8 Å². The van der Waals surface area contributed by atoms with E-state index in [1.165, 1.54) is 47.4 Å². The third-order valence-corrected chi connectivity index (χ3v) is 5.53. The molecule has 4 rings (SSSR count). The Balaban J connectivity index is 1.56. The summed E-state index contributed by atoms with van der Waals surface area (Å²) >= 11 is 6.25. The first-order valence-corrected chi connectivity index (χ1v) is 11.8. The SMILES string of the molecule is Cc1cn(-c2ccc(NC(=O)c3ccc(Cl)c(C#Cc4ccc(NC(C)C)nn4)c3)cc2C(F)(F)F)cn1. The molecule has 0 saturated heterocycles. The number of anilines is 2. The lowest BCUT2D eigenvalue weighted by Gasteiger charge is -2.15. The lowest BCUT2D eigenvalue weighted by Crippen LogP contribution is -2.15. The Morgan fingerprint density at radius 2 is 1.84 bits per heavy atom. The van der Waals surface area contributed by atoms with E-state index < -0.39 is 17.6 Å². The molecule has 0 aliphatic rings. The van der Waals surface area contributed by atoms with Gasteiger partial charge in [0.15, 0.2) is 0 Å². The van der Waals surface area contributed by atoms with Gasteiger partial charge >= 0.3 is 6.18 Å². The van der Waals surface area contributed by atoms with Crippen molar-refractivity contribution in [3.8, 4) is 17.5 Å². The number of nitrogens with one attached hydrogen (secondary N) is 2. The molecule has 2 heterocycles. The van der Waals surface area contributed by atoms with Crippen molar-refractivity contribution in [2.24, 2.45) is 0 Å². The van der Waals surface area contributed by atoms with Crippen LogP contribution in [0.4, 0.5) is 24.7 Å². The molecule has 7 nitrogen and oxygen atoms in total. The minimum atomic E-state index is -4.65. The van der Waals surface area contributed by atoms with Crippen LogP contribution in [0.15, 0.2) is 61.1 Å². The van der Waals surface area contributed by atoms with Gasteiger partial charge in [-0.05, 0) is 75.2 Å². The maximum absolute atomic E-state index is 13.8. The summed E-state index contributed by atoms with van der Waals surface area (Å²) in [6, 6.07) is 11.6. The first-order valence-electron chi connectivity index (χ1n) is 11.4. The van der Waals surface area contributed by atoms with Crippen LogP contribution in [-0.2, 0) is 6.18 Å². The predicted molar refractivity (Wildman–Crippen MR) is 139 cm³/mol. The molecular weight excluding hydrogens is 517 g/mol. The summed E-state index contributed by atoms with van der Waals surface area (Å²) in [6.45, 7) is 5.64. The van der Waals surface area contributed by atoms with Gasteiger partial charge in [-0.1, -0.05) is 17.5 Å². The van der Waals surface area contributed by atoms with E-state index in [2.05, 4.69) is 37.7 Å². The molecule has 0 saturated carbocycles. The van der Waals surface area contributed by atoms with Gasteiger partial charge in [0.1, 0.15) is 11.5 Å². The van der Waals surface area contributed by atoms with Crippen molar-refractivity contribution >= 4 is 29.0 Å². The lowest BCUT2D eigenvalue weighted by atomic mass is 10.1. The number of carbonyl (C=O) groups excluding carboxylic acids is 1. The number of alkyl halides is 3. The maximum atomic E-state index is 13.8. The predicted octanol–water partition coefficient (Wildman–Crippen LogP) is 6.12. The van der Waals surface area contributed by atoms with Crippen LogP contribution < -0.4 is 10.6 Å². The zero-order valence-corrected chi connectivity index (χ0v) is 21.3. The number of amides is 1. The average Bonchev–Trinajstić information content (AvgIpc) is 3.29. The summed E-state index contributed by atoms with van der Waals surface area (Å²) in [5, 5.41) is 14.0. The van der Waals surface area contributed by atoms with Crippen LogP contribution in [0.2, 0.25) is 5.02 Å². The first kappa shape index (κ1) is 26.7. The third-order valence-electron chi connectivity index (χ3n) is 5.20. The number of benzene rings is 2. The number of halogens is 4. The minimum absolute atomic E-state index is 0.0177. The van der Waals surface area contributed by atoms with Crippen LogP contribution in [0.1, 0.15) is 46.7 Å². The second kappa shape index (κ2) is 10.9. The molecule has 0 spiro atoms. The van der Waals surface area contributed by atoms with Crippen molar-refractivity contribution in [1.29, 1.82) is 0 Å². The smallest absolute Gasteiger partial charge is 0.366 e. The fraction of sp³-hybridized carbons (Fsp3) is 0.185. The monoisotopic (exact) mass is 538 g/mol. The molecule has 2 aromatic carbocycles. The van der Waals surface area contributed by atoms with Gasteiger partial charge in [0.05, 0.1) is 28.3 Å². The number of hydrogen-bond donors (Lipinski definition) is 2. The molecule has 4 aromatic rings. The second-order valence-corrected chi connectivity index (χ2v) is 9.06. The number of hydrogen-bond acceptors (Lipinski definition) is 5. The van der Waals surface area contributed by atoms with Gasteiger partial charge in [-0.25, -0.2) is 4.98 Å². The Morgan fingerprint density at radius 1 is 1.05 bits per heavy atom. The minimum Gasteiger partial charge on any atom is -0.366 e. The Labute approximate surface area is 222 Å². The highest BCUT2D eigenvalue weighted by molar-refractivity contribution is 6.32. The molecule has 194 valence electrons. The van der Waals surface area contributed by atoms with Crippen LogP contribution in [0.3, 0.4) is 0 Å². The van der Waals surface area contributed by atoms with Gasteiger partial charge in [0, 0.05) is 29.1 Å². The Hall–Kier alpha value is -4.36. The largest absolute Gasteiger partial charge is 0.418 e. The van der Waals surface area contributed by atoms with Crippen molar-refractivity contribution in [2.75, 3.05) is 10.6 Å². The molecule has 0 bridgehead atoms. The molecule has 0 atom stereocenters. The van der Waals surface area contributed by atoms with Crippen molar-refractivity contribution < 1.29 is 18.0 Å². The molecule has 0 aliphatic heterocycles. The topological polar surface area (TPSA) is 84.7 Å². The molecule has 0 unspecified atom stereocenters. The number of imidazole rings is 1. The molecule has 11 heteroatoms. The normalized spacial score (nSPS) is 11.2. The van der Waals surface area contributed by atoms with Crippen LogP contribution >= 0.6 is 11.6 Å². The first-order chi connectivity index (χ1) is 18.0. The molecule has 0 fully saturated rings. The quantitative estimate of drug-likeness (QED) is 0.299. The number of aromatic nitrogens is 4. The molecule has 0 aliphatic carbocycles. The number of rotatable bonds is 5. The van der Waals surface area contributed by atoms with Gasteiger partial charge in [0.2, 0.25) is 0 Å². The third kappa shape index (κ3) is 6.49. The van der Waals surface area contributed by atoms with E-state index in [9.17, 15) is 18.0 Å². The van der Waals surface area contributed by atoms with Crippen LogP contribution in [-0.4, -0.2) is 31.7 Å². The zero-order chi connectivity index (χ0) is 27.4. The lowest BCUT2D eigenvalue weighted by molar-refractivity contribution is -0.137. The van der Waals surface area contributed by atoms with Gasteiger partial charge in [-0.3, -0.25) is 4.79 Å². The van der Waals surface area contributed by atoms with E-state index in [0.717, 1.165) is 6.07 Å². The van der Waals surface area contributed by atoms with E-state index >= 15 is 0 Å². The highest BCUT2D eigenvalue weighted by atomic mass is 35.5. The summed E-state index contributed by atoms with van der Waals surface area (Å²) in [4.78, 5) is 16.9. The fourth-order valence-electron chi connectivity index (χ4n) is 3.49. The Morgan fingerprint density at radius 3 is 2.47 bits per heavy atom. The summed E-state index contributed by atoms with van der Waals surface area (Å²) in [7, 11) is 0. The molecule has 1 amide bonds. The van der Waals surface area contributed by atoms with Crippen LogP contribution in [0.5, 0.6) is 0 Å². The average molecular weight is 539 g/mol. The Kier molecular flexibility index (Phi) is 7.69. The molecular formula is C27H22ClF3N6O. The van der Waals surface area contributed by atoms with E-state index in [4.69, 9.17) is 11.6 Å². The van der Waals surface area contributed by atoms with Crippen molar-refractivity contribution in [3.05, 3.63) is 94.2 Å². The van der Waals surface area contributed by atoms with Crippen molar-refractivity contribution in [2.45, 2.75) is 33.0 Å². The van der Waals surface area contributed by atoms with E-state index in [-0.39, 0.29) is 23.0 Å². The van der Waals surface area contributed by atoms with E-state index in [1.807, 2.05) is 13.8 Å². The fourth-order valence-corrected chi connectivity index (χ4v) is 3.65. The molecule has 2 aromatic heterocycles. The van der Waals surface area contributed by atoms with Gasteiger partial charge in [-0.2, -0.15) is 13.2 Å². The molecule has 38 heavy (non-hydrogen) atoms. The highest BCUT2D eigenvalue weighted by Crippen LogP contribution is 2.36. The standard InChI is InChI=1S/C27H22ClF3N6O/c1-16(2)33-25-11-8-20(35-36-25)6-4-18-12-19(5-9-23(18)28)26(38)34-21-7-10-24(22(13-21)27(29,30)31)37-14-17(3)32-15-37/h5,7-16H,1-3H3,(H,33,36)(H,34,38). The number of aryl methyl sites for hydroxylation is 1. The van der Waals surface area contributed by atoms with E-state index in [1.54, 1.807) is 19.1 Å². The Bertz CT molecular complexity index is 1540. The zero-order valence-electron chi connectivity index (χ0n) is 20.6. The molecule has 2 N–H and O–H groups in total. The summed E-state index contributed by atoms with van der Waals surface area (Å²) in [5.41, 5.74) is 0.470. The number of nitrogens with zero attached hydrogens (tertiary/aromatic N) is 4. The molecule has 0 radical (unpaired) electrons. The second-order valence-electron chi connectivity index (χ2n) is 8.65. The summed E-state index contributed by atoms with van der Waals surface area (Å²) in [6.07, 6.45) is -1.86.